The van der Waals surface area contributed by atoms with Crippen LogP contribution < -0.4 is 0 Å². The Morgan fingerprint density at radius 2 is 2.05 bits per heavy atom. The third kappa shape index (κ3) is 3.04. The van der Waals surface area contributed by atoms with Gasteiger partial charge in [0.1, 0.15) is 5.56 Å². The summed E-state index contributed by atoms with van der Waals surface area (Å²) in [6.07, 6.45) is 0. The molecule has 0 spiro atoms. The molecule has 104 valence electrons. The first kappa shape index (κ1) is 15.4. The molecule has 5 nitrogen and oxygen atoms in total. The van der Waals surface area contributed by atoms with E-state index in [1.54, 1.807) is 26.1 Å². The minimum Gasteiger partial charge on any atom is -0.335 e. The first-order valence-corrected chi connectivity index (χ1v) is 6.34. The monoisotopic (exact) mass is 284 g/mol. The normalized spacial score (nSPS) is 11.2. The molecule has 1 aromatic rings. The first-order valence-electron chi connectivity index (χ1n) is 5.80. The van der Waals surface area contributed by atoms with Gasteiger partial charge in [-0.3, -0.25) is 14.9 Å². The number of carbonyl (C=O) groups is 1. The molecule has 0 aliphatic rings. The Hall–Kier alpha value is -1.62. The number of benzene rings is 1. The topological polar surface area (TPSA) is 63.5 Å². The third-order valence-corrected chi connectivity index (χ3v) is 3.86. The van der Waals surface area contributed by atoms with Gasteiger partial charge in [-0.25, -0.2) is 0 Å². The Kier molecular flexibility index (Phi) is 4.52. The van der Waals surface area contributed by atoms with Crippen molar-refractivity contribution in [3.8, 4) is 0 Å². The van der Waals surface area contributed by atoms with Crippen molar-refractivity contribution >= 4 is 23.2 Å². The van der Waals surface area contributed by atoms with Gasteiger partial charge in [0.05, 0.1) is 10.5 Å². The van der Waals surface area contributed by atoms with Gasteiger partial charge in [-0.2, -0.15) is 0 Å². The van der Waals surface area contributed by atoms with Crippen molar-refractivity contribution in [2.45, 2.75) is 26.3 Å². The zero-order chi connectivity index (χ0) is 14.8. The maximum Gasteiger partial charge on any atom is 0.282 e. The molecule has 1 aromatic carbocycles. The van der Waals surface area contributed by atoms with E-state index in [4.69, 9.17) is 11.6 Å². The third-order valence-electron chi connectivity index (χ3n) is 3.20. The molecule has 1 rings (SSSR count). The lowest BCUT2D eigenvalue weighted by Crippen LogP contribution is -2.46. The lowest BCUT2D eigenvalue weighted by atomic mass is 10.0. The summed E-state index contributed by atoms with van der Waals surface area (Å²) in [6.45, 7) is 5.30. The highest BCUT2D eigenvalue weighted by molar-refractivity contribution is 6.18. The number of hydrogen-bond donors (Lipinski definition) is 0. The molecule has 0 atom stereocenters. The van der Waals surface area contributed by atoms with Crippen LogP contribution in [0.5, 0.6) is 0 Å². The predicted octanol–water partition coefficient (Wildman–Crippen LogP) is 2.99. The van der Waals surface area contributed by atoms with Gasteiger partial charge < -0.3 is 4.90 Å². The zero-order valence-corrected chi connectivity index (χ0v) is 12.2. The van der Waals surface area contributed by atoms with Gasteiger partial charge >= 0.3 is 0 Å². The molecule has 1 amide bonds. The van der Waals surface area contributed by atoms with Gasteiger partial charge in [-0.15, -0.1) is 11.6 Å². The smallest absolute Gasteiger partial charge is 0.282 e. The second-order valence-corrected chi connectivity index (χ2v) is 5.30. The number of hydrogen-bond acceptors (Lipinski definition) is 3. The van der Waals surface area contributed by atoms with Crippen LogP contribution in [0.2, 0.25) is 0 Å². The van der Waals surface area contributed by atoms with Gasteiger partial charge in [-0.1, -0.05) is 12.1 Å². The van der Waals surface area contributed by atoms with E-state index in [0.29, 0.717) is 5.56 Å². The molecular formula is C13H17ClN2O3. The minimum absolute atomic E-state index is 0.119. The summed E-state index contributed by atoms with van der Waals surface area (Å²) in [5, 5.41) is 11.0. The van der Waals surface area contributed by atoms with E-state index < -0.39 is 16.4 Å². The van der Waals surface area contributed by atoms with Crippen LogP contribution in [0.15, 0.2) is 18.2 Å². The number of rotatable bonds is 4. The Labute approximate surface area is 117 Å². The van der Waals surface area contributed by atoms with Crippen LogP contribution >= 0.6 is 11.6 Å². The predicted molar refractivity (Wildman–Crippen MR) is 74.7 cm³/mol. The largest absolute Gasteiger partial charge is 0.335 e. The van der Waals surface area contributed by atoms with E-state index >= 15 is 0 Å². The van der Waals surface area contributed by atoms with Gasteiger partial charge in [0.15, 0.2) is 0 Å². The van der Waals surface area contributed by atoms with Crippen LogP contribution in [0.4, 0.5) is 5.69 Å². The van der Waals surface area contributed by atoms with Crippen LogP contribution in [0.3, 0.4) is 0 Å². The van der Waals surface area contributed by atoms with Gasteiger partial charge in [0, 0.05) is 19.0 Å². The Morgan fingerprint density at radius 1 is 1.47 bits per heavy atom. The van der Waals surface area contributed by atoms with E-state index in [2.05, 4.69) is 0 Å². The van der Waals surface area contributed by atoms with Crippen molar-refractivity contribution in [1.82, 2.24) is 4.90 Å². The number of nitro benzene ring substituents is 1. The van der Waals surface area contributed by atoms with Crippen LogP contribution in [-0.4, -0.2) is 34.2 Å². The molecule has 0 N–H and O–H groups in total. The Morgan fingerprint density at radius 3 is 2.53 bits per heavy atom. The van der Waals surface area contributed by atoms with Crippen LogP contribution in [0.1, 0.15) is 29.8 Å². The average molecular weight is 285 g/mol. The van der Waals surface area contributed by atoms with Gasteiger partial charge in [0.25, 0.3) is 11.6 Å². The fourth-order valence-corrected chi connectivity index (χ4v) is 1.79. The summed E-state index contributed by atoms with van der Waals surface area (Å²) < 4.78 is 0. The highest BCUT2D eigenvalue weighted by Gasteiger charge is 2.32. The quantitative estimate of drug-likeness (QED) is 0.485. The van der Waals surface area contributed by atoms with Crippen molar-refractivity contribution in [2.75, 3.05) is 12.9 Å². The SMILES string of the molecule is Cc1cccc([N+](=O)[O-])c1C(=O)N(C)C(C)(C)CCl. The number of halogens is 1. The summed E-state index contributed by atoms with van der Waals surface area (Å²) >= 11 is 5.83. The first-order chi connectivity index (χ1) is 8.72. The number of nitro groups is 1. The van der Waals surface area contributed by atoms with E-state index in [0.717, 1.165) is 0 Å². The molecule has 0 saturated carbocycles. The molecule has 0 bridgehead atoms. The van der Waals surface area contributed by atoms with Gasteiger partial charge in [-0.05, 0) is 26.3 Å². The van der Waals surface area contributed by atoms with Crippen LogP contribution in [-0.2, 0) is 0 Å². The highest BCUT2D eigenvalue weighted by Crippen LogP contribution is 2.26. The van der Waals surface area contributed by atoms with Crippen molar-refractivity contribution in [3.05, 3.63) is 39.4 Å². The summed E-state index contributed by atoms with van der Waals surface area (Å²) in [6, 6.07) is 4.58. The molecule has 0 aliphatic carbocycles. The molecule has 0 heterocycles. The molecule has 6 heteroatoms. The van der Waals surface area contributed by atoms with Crippen molar-refractivity contribution in [1.29, 1.82) is 0 Å². The standard InChI is InChI=1S/C13H17ClN2O3/c1-9-6-5-7-10(16(18)19)11(9)12(17)15(4)13(2,3)8-14/h5-7H,8H2,1-4H3. The average Bonchev–Trinajstić information content (AvgIpc) is 2.36. The molecule has 19 heavy (non-hydrogen) atoms. The summed E-state index contributed by atoms with van der Waals surface area (Å²) in [5.41, 5.74) is -0.0544. The zero-order valence-electron chi connectivity index (χ0n) is 11.4. The second-order valence-electron chi connectivity index (χ2n) is 5.04. The number of nitrogens with zero attached hydrogens (tertiary/aromatic N) is 2. The molecule has 0 aliphatic heterocycles. The fourth-order valence-electron chi connectivity index (χ4n) is 1.61. The molecule has 0 aromatic heterocycles. The Balaban J connectivity index is 3.31. The van der Waals surface area contributed by atoms with Gasteiger partial charge in [0.2, 0.25) is 0 Å². The number of aryl methyl sites for hydroxylation is 1. The molecule has 0 radical (unpaired) electrons. The number of amides is 1. The number of carbonyl (C=O) groups excluding carboxylic acids is 1. The van der Waals surface area contributed by atoms with E-state index in [1.807, 2.05) is 13.8 Å². The van der Waals surface area contributed by atoms with Crippen molar-refractivity contribution in [2.24, 2.45) is 0 Å². The molecule has 0 unspecified atom stereocenters. The van der Waals surface area contributed by atoms with Crippen LogP contribution in [0.25, 0.3) is 0 Å². The lowest BCUT2D eigenvalue weighted by molar-refractivity contribution is -0.385. The van der Waals surface area contributed by atoms with Crippen LogP contribution in [0, 0.1) is 17.0 Å². The van der Waals surface area contributed by atoms with Crippen molar-refractivity contribution < 1.29 is 9.72 Å². The second kappa shape index (κ2) is 5.57. The summed E-state index contributed by atoms with van der Waals surface area (Å²) in [5.74, 6) is -0.148. The maximum absolute atomic E-state index is 12.5. The number of alkyl halides is 1. The summed E-state index contributed by atoms with van der Waals surface area (Å²) in [7, 11) is 1.60. The highest BCUT2D eigenvalue weighted by atomic mass is 35.5. The van der Waals surface area contributed by atoms with E-state index in [-0.39, 0.29) is 17.1 Å². The molecule has 0 fully saturated rings. The lowest BCUT2D eigenvalue weighted by Gasteiger charge is -2.34. The fraction of sp³-hybridized carbons (Fsp3) is 0.462. The van der Waals surface area contributed by atoms with E-state index in [1.165, 1.54) is 11.0 Å². The maximum atomic E-state index is 12.5. The molecular weight excluding hydrogens is 268 g/mol. The summed E-state index contributed by atoms with van der Waals surface area (Å²) in [4.78, 5) is 24.4. The molecule has 0 saturated heterocycles. The minimum atomic E-state index is -0.575. The Bertz CT molecular complexity index is 515. The van der Waals surface area contributed by atoms with Crippen molar-refractivity contribution in [3.63, 3.8) is 0 Å². The van der Waals surface area contributed by atoms with E-state index in [9.17, 15) is 14.9 Å².